The monoisotopic (exact) mass is 292 g/mol. The number of thioether (sulfide) groups is 1. The van der Waals surface area contributed by atoms with Gasteiger partial charge in [0, 0.05) is 23.2 Å². The number of carbonyl (C=O) groups is 1. The van der Waals surface area contributed by atoms with Crippen LogP contribution in [-0.2, 0) is 4.79 Å². The highest BCUT2D eigenvalue weighted by Crippen LogP contribution is 2.23. The Morgan fingerprint density at radius 2 is 2.37 bits per heavy atom. The maximum Gasteiger partial charge on any atom is 0.244 e. The van der Waals surface area contributed by atoms with Crippen LogP contribution in [-0.4, -0.2) is 33.5 Å². The third kappa shape index (κ3) is 2.94. The molecule has 5 nitrogen and oxygen atoms in total. The molecule has 2 aromatic heterocycles. The Labute approximate surface area is 118 Å². The number of nitrogens with zero attached hydrogens (tertiary/aromatic N) is 2. The lowest BCUT2D eigenvalue weighted by atomic mass is 10.3. The summed E-state index contributed by atoms with van der Waals surface area (Å²) in [5.74, 6) is 1.62. The van der Waals surface area contributed by atoms with Gasteiger partial charge in [0.2, 0.25) is 5.91 Å². The van der Waals surface area contributed by atoms with Gasteiger partial charge in [-0.2, -0.15) is 0 Å². The molecule has 3 heterocycles. The summed E-state index contributed by atoms with van der Waals surface area (Å²) in [6.07, 6.45) is 1.73. The van der Waals surface area contributed by atoms with Gasteiger partial charge < -0.3 is 5.32 Å². The SMILES string of the molecule is O=C(Nc1nc(-c2ccccn2)cs1)[C@H]1CSCN1. The van der Waals surface area contributed by atoms with Crippen molar-refractivity contribution < 1.29 is 4.79 Å². The Kier molecular flexibility index (Phi) is 3.77. The standard InChI is InChI=1S/C12H12N4OS2/c17-11(10-5-18-7-14-10)16-12-15-9(6-19-12)8-3-1-2-4-13-8/h1-4,6,10,14H,5,7H2,(H,15,16,17)/t10-/m1/s1. The molecule has 1 fully saturated rings. The molecule has 7 heteroatoms. The first-order chi connectivity index (χ1) is 9.33. The average Bonchev–Trinajstić information content (AvgIpc) is 3.11. The smallest absolute Gasteiger partial charge is 0.244 e. The lowest BCUT2D eigenvalue weighted by Gasteiger charge is -2.07. The van der Waals surface area contributed by atoms with Crippen molar-refractivity contribution in [2.45, 2.75) is 6.04 Å². The predicted octanol–water partition coefficient (Wildman–Crippen LogP) is 1.81. The predicted molar refractivity (Wildman–Crippen MR) is 78.2 cm³/mol. The van der Waals surface area contributed by atoms with Crippen molar-refractivity contribution in [1.29, 1.82) is 0 Å². The topological polar surface area (TPSA) is 66.9 Å². The van der Waals surface area contributed by atoms with Crippen molar-refractivity contribution in [3.63, 3.8) is 0 Å². The van der Waals surface area contributed by atoms with Gasteiger partial charge in [-0.05, 0) is 12.1 Å². The van der Waals surface area contributed by atoms with Gasteiger partial charge in [-0.15, -0.1) is 23.1 Å². The van der Waals surface area contributed by atoms with Crippen LogP contribution in [0.15, 0.2) is 29.8 Å². The van der Waals surface area contributed by atoms with Crippen LogP contribution < -0.4 is 10.6 Å². The minimum Gasteiger partial charge on any atom is -0.301 e. The van der Waals surface area contributed by atoms with E-state index in [1.54, 1.807) is 18.0 Å². The van der Waals surface area contributed by atoms with Crippen molar-refractivity contribution in [2.75, 3.05) is 16.9 Å². The van der Waals surface area contributed by atoms with Gasteiger partial charge in [0.15, 0.2) is 5.13 Å². The van der Waals surface area contributed by atoms with Crippen LogP contribution in [0.5, 0.6) is 0 Å². The van der Waals surface area contributed by atoms with Gasteiger partial charge in [-0.1, -0.05) is 6.07 Å². The Morgan fingerprint density at radius 1 is 1.42 bits per heavy atom. The molecule has 1 atom stereocenters. The second-order valence-corrected chi connectivity index (χ2v) is 5.90. The molecular formula is C12H12N4OS2. The molecule has 0 aliphatic carbocycles. The Balaban J connectivity index is 1.70. The molecule has 1 amide bonds. The molecule has 19 heavy (non-hydrogen) atoms. The number of nitrogens with one attached hydrogen (secondary N) is 2. The highest BCUT2D eigenvalue weighted by molar-refractivity contribution is 7.99. The van der Waals surface area contributed by atoms with Crippen LogP contribution in [0.3, 0.4) is 0 Å². The van der Waals surface area contributed by atoms with Crippen LogP contribution >= 0.6 is 23.1 Å². The summed E-state index contributed by atoms with van der Waals surface area (Å²) >= 11 is 3.14. The molecule has 1 saturated heterocycles. The largest absolute Gasteiger partial charge is 0.301 e. The zero-order valence-corrected chi connectivity index (χ0v) is 11.6. The number of amides is 1. The summed E-state index contributed by atoms with van der Waals surface area (Å²) < 4.78 is 0. The molecule has 2 N–H and O–H groups in total. The van der Waals surface area contributed by atoms with E-state index in [9.17, 15) is 4.79 Å². The summed E-state index contributed by atoms with van der Waals surface area (Å²) in [6.45, 7) is 0. The van der Waals surface area contributed by atoms with Gasteiger partial charge in [0.1, 0.15) is 5.69 Å². The van der Waals surface area contributed by atoms with Gasteiger partial charge >= 0.3 is 0 Å². The molecule has 0 bridgehead atoms. The first kappa shape index (κ1) is 12.6. The van der Waals surface area contributed by atoms with Crippen molar-refractivity contribution in [3.8, 4) is 11.4 Å². The number of hydrogen-bond acceptors (Lipinski definition) is 6. The zero-order chi connectivity index (χ0) is 13.1. The maximum absolute atomic E-state index is 11.9. The Bertz CT molecular complexity index is 566. The zero-order valence-electron chi connectivity index (χ0n) is 10.00. The molecule has 1 aliphatic heterocycles. The number of carbonyl (C=O) groups excluding carboxylic acids is 1. The van der Waals surface area contributed by atoms with E-state index in [0.717, 1.165) is 23.0 Å². The van der Waals surface area contributed by atoms with Crippen LogP contribution in [0, 0.1) is 0 Å². The van der Waals surface area contributed by atoms with Crippen LogP contribution in [0.25, 0.3) is 11.4 Å². The fourth-order valence-corrected chi connectivity index (χ4v) is 3.37. The average molecular weight is 292 g/mol. The minimum atomic E-state index is -0.118. The van der Waals surface area contributed by atoms with E-state index in [-0.39, 0.29) is 11.9 Å². The molecule has 0 radical (unpaired) electrons. The van der Waals surface area contributed by atoms with E-state index in [1.807, 2.05) is 23.6 Å². The summed E-state index contributed by atoms with van der Waals surface area (Å²) in [6, 6.07) is 5.56. The minimum absolute atomic E-state index is 0.0214. The van der Waals surface area contributed by atoms with Gasteiger partial charge in [-0.3, -0.25) is 15.1 Å². The van der Waals surface area contributed by atoms with E-state index in [0.29, 0.717) is 5.13 Å². The second-order valence-electron chi connectivity index (χ2n) is 4.01. The first-order valence-electron chi connectivity index (χ1n) is 5.82. The normalized spacial score (nSPS) is 18.4. The van der Waals surface area contributed by atoms with Crippen molar-refractivity contribution in [2.24, 2.45) is 0 Å². The lowest BCUT2D eigenvalue weighted by Crippen LogP contribution is -2.37. The molecule has 2 aromatic rings. The third-order valence-electron chi connectivity index (χ3n) is 2.69. The number of rotatable bonds is 3. The number of hydrogen-bond donors (Lipinski definition) is 2. The number of anilines is 1. The van der Waals surface area contributed by atoms with Crippen molar-refractivity contribution >= 4 is 34.1 Å². The van der Waals surface area contributed by atoms with Gasteiger partial charge in [0.05, 0.1) is 11.7 Å². The molecule has 0 saturated carbocycles. The van der Waals surface area contributed by atoms with E-state index in [2.05, 4.69) is 20.6 Å². The number of thiazole rings is 1. The Morgan fingerprint density at radius 3 is 3.11 bits per heavy atom. The van der Waals surface area contributed by atoms with E-state index in [4.69, 9.17) is 0 Å². The van der Waals surface area contributed by atoms with E-state index < -0.39 is 0 Å². The fourth-order valence-electron chi connectivity index (χ4n) is 1.72. The molecule has 3 rings (SSSR count). The second kappa shape index (κ2) is 5.68. The maximum atomic E-state index is 11.9. The van der Waals surface area contributed by atoms with Gasteiger partial charge in [0.25, 0.3) is 0 Å². The van der Waals surface area contributed by atoms with Crippen LogP contribution in [0.2, 0.25) is 0 Å². The molecule has 1 aliphatic rings. The quantitative estimate of drug-likeness (QED) is 0.903. The Hall–Kier alpha value is -1.44. The number of aromatic nitrogens is 2. The summed E-state index contributed by atoms with van der Waals surface area (Å²) in [5, 5.41) is 8.48. The molecule has 0 aromatic carbocycles. The summed E-state index contributed by atoms with van der Waals surface area (Å²) in [4.78, 5) is 20.5. The molecule has 0 spiro atoms. The first-order valence-corrected chi connectivity index (χ1v) is 7.85. The van der Waals surface area contributed by atoms with Crippen LogP contribution in [0.4, 0.5) is 5.13 Å². The number of pyridine rings is 1. The summed E-state index contributed by atoms with van der Waals surface area (Å²) in [7, 11) is 0. The lowest BCUT2D eigenvalue weighted by molar-refractivity contribution is -0.117. The van der Waals surface area contributed by atoms with Crippen molar-refractivity contribution in [3.05, 3.63) is 29.8 Å². The highest BCUT2D eigenvalue weighted by Gasteiger charge is 2.23. The summed E-state index contributed by atoms with van der Waals surface area (Å²) in [5.41, 5.74) is 1.60. The highest BCUT2D eigenvalue weighted by atomic mass is 32.2. The van der Waals surface area contributed by atoms with E-state index >= 15 is 0 Å². The van der Waals surface area contributed by atoms with Gasteiger partial charge in [-0.25, -0.2) is 4.98 Å². The molecule has 98 valence electrons. The van der Waals surface area contributed by atoms with E-state index in [1.165, 1.54) is 11.3 Å². The fraction of sp³-hybridized carbons (Fsp3) is 0.250. The van der Waals surface area contributed by atoms with Crippen molar-refractivity contribution in [1.82, 2.24) is 15.3 Å². The molecular weight excluding hydrogens is 280 g/mol. The third-order valence-corrected chi connectivity index (χ3v) is 4.39. The van der Waals surface area contributed by atoms with Crippen LogP contribution in [0.1, 0.15) is 0 Å². The molecule has 0 unspecified atom stereocenters.